The lowest BCUT2D eigenvalue weighted by Gasteiger charge is -2.25. The number of hydrogen-bond acceptors (Lipinski definition) is 7. The van der Waals surface area contributed by atoms with Crippen LogP contribution in [0.15, 0.2) is 17.1 Å². The van der Waals surface area contributed by atoms with Crippen LogP contribution in [0.3, 0.4) is 0 Å². The quantitative estimate of drug-likeness (QED) is 0.628. The van der Waals surface area contributed by atoms with Crippen LogP contribution in [0.25, 0.3) is 0 Å². The van der Waals surface area contributed by atoms with E-state index in [0.29, 0.717) is 12.5 Å². The molecule has 1 aliphatic carbocycles. The van der Waals surface area contributed by atoms with Crippen LogP contribution in [-0.4, -0.2) is 34.2 Å². The van der Waals surface area contributed by atoms with Crippen LogP contribution >= 0.6 is 7.60 Å². The second-order valence-electron chi connectivity index (χ2n) is 6.88. The predicted octanol–water partition coefficient (Wildman–Crippen LogP) is 2.62. The van der Waals surface area contributed by atoms with E-state index < -0.39 is 13.3 Å². The monoisotopic (exact) mass is 373 g/mol. The highest BCUT2D eigenvalue weighted by Crippen LogP contribution is 2.51. The van der Waals surface area contributed by atoms with Gasteiger partial charge in [-0.25, -0.2) is 4.79 Å². The number of ether oxygens (including phenoxy) is 1. The fourth-order valence-electron chi connectivity index (χ4n) is 2.50. The first-order valence-corrected chi connectivity index (χ1v) is 10.3. The third kappa shape index (κ3) is 6.55. The Hall–Kier alpha value is -1.21. The van der Waals surface area contributed by atoms with Gasteiger partial charge in [-0.3, -0.25) is 9.13 Å². The Balaban J connectivity index is 2.05. The van der Waals surface area contributed by atoms with Gasteiger partial charge in [-0.1, -0.05) is 0 Å². The highest BCUT2D eigenvalue weighted by molar-refractivity contribution is 7.53. The molecule has 0 radical (unpaired) electrons. The van der Waals surface area contributed by atoms with Crippen molar-refractivity contribution in [2.24, 2.45) is 5.92 Å². The Bertz CT molecular complexity index is 658. The van der Waals surface area contributed by atoms with Crippen LogP contribution in [0.4, 0.5) is 5.82 Å². The summed E-state index contributed by atoms with van der Waals surface area (Å²) < 4.78 is 31.2. The zero-order valence-electron chi connectivity index (χ0n) is 15.3. The van der Waals surface area contributed by atoms with Gasteiger partial charge >= 0.3 is 13.3 Å². The molecule has 25 heavy (non-hydrogen) atoms. The summed E-state index contributed by atoms with van der Waals surface area (Å²) in [6, 6.07) is 1.57. The van der Waals surface area contributed by atoms with E-state index in [4.69, 9.17) is 19.5 Å². The van der Waals surface area contributed by atoms with E-state index in [1.54, 1.807) is 40.0 Å². The Morgan fingerprint density at radius 3 is 2.36 bits per heavy atom. The molecule has 1 aliphatic rings. The topological polar surface area (TPSA) is 106 Å². The number of nitrogens with two attached hydrogens (primary N) is 1. The van der Waals surface area contributed by atoms with E-state index in [1.165, 1.54) is 4.57 Å². The van der Waals surface area contributed by atoms with Crippen molar-refractivity contribution in [3.8, 4) is 0 Å². The van der Waals surface area contributed by atoms with E-state index in [1.807, 2.05) is 0 Å². The van der Waals surface area contributed by atoms with Gasteiger partial charge in [0.25, 0.3) is 0 Å². The van der Waals surface area contributed by atoms with Crippen LogP contribution in [0.1, 0.15) is 40.5 Å². The standard InChI is InChI=1S/C16H28N3O5P/c1-11(2)23-25(21,24-12(3)4)10-22-14(13-5-6-13)9-19-8-7-15(17)18-16(19)20/h7-8,11-14H,5-6,9-10H2,1-4H3,(H2,17,18,20)/t14-/m1/s1. The van der Waals surface area contributed by atoms with Gasteiger partial charge in [0.05, 0.1) is 24.9 Å². The lowest BCUT2D eigenvalue weighted by Crippen LogP contribution is -2.31. The molecule has 1 heterocycles. The molecule has 0 aliphatic heterocycles. The summed E-state index contributed by atoms with van der Waals surface area (Å²) in [6.07, 6.45) is 2.76. The number of hydrogen-bond donors (Lipinski definition) is 1. The number of nitrogens with zero attached hydrogens (tertiary/aromatic N) is 2. The average molecular weight is 373 g/mol. The van der Waals surface area contributed by atoms with Gasteiger partial charge in [-0.05, 0) is 52.5 Å². The van der Waals surface area contributed by atoms with E-state index in [-0.39, 0.29) is 30.5 Å². The third-order valence-corrected chi connectivity index (χ3v) is 5.56. The molecule has 0 aromatic carbocycles. The molecule has 0 spiro atoms. The van der Waals surface area contributed by atoms with Crippen LogP contribution < -0.4 is 11.4 Å². The first-order valence-electron chi connectivity index (χ1n) is 8.59. The Morgan fingerprint density at radius 2 is 1.88 bits per heavy atom. The van der Waals surface area contributed by atoms with E-state index in [9.17, 15) is 9.36 Å². The average Bonchev–Trinajstić information content (AvgIpc) is 3.28. The Morgan fingerprint density at radius 1 is 1.28 bits per heavy atom. The molecule has 2 N–H and O–H groups in total. The molecule has 2 rings (SSSR count). The minimum absolute atomic E-state index is 0.137. The highest BCUT2D eigenvalue weighted by Gasteiger charge is 2.36. The fourth-order valence-corrected chi connectivity index (χ4v) is 4.33. The van der Waals surface area contributed by atoms with Gasteiger partial charge < -0.3 is 19.5 Å². The van der Waals surface area contributed by atoms with Crippen molar-refractivity contribution < 1.29 is 18.3 Å². The molecule has 0 bridgehead atoms. The lowest BCUT2D eigenvalue weighted by molar-refractivity contribution is 0.0314. The zero-order chi connectivity index (χ0) is 18.6. The van der Waals surface area contributed by atoms with Gasteiger partial charge in [-0.15, -0.1) is 0 Å². The first kappa shape index (κ1) is 20.1. The number of anilines is 1. The molecule has 1 saturated carbocycles. The summed E-state index contributed by atoms with van der Waals surface area (Å²) in [5, 5.41) is 0. The molecule has 0 saturated heterocycles. The van der Waals surface area contributed by atoms with Crippen molar-refractivity contribution in [2.75, 3.05) is 12.1 Å². The normalized spacial score (nSPS) is 16.6. The number of nitrogen functional groups attached to an aromatic ring is 1. The molecule has 1 atom stereocenters. The third-order valence-electron chi connectivity index (χ3n) is 3.61. The van der Waals surface area contributed by atoms with Crippen LogP contribution in [-0.2, 0) is 24.9 Å². The molecule has 0 amide bonds. The summed E-state index contributed by atoms with van der Waals surface area (Å²) in [5.74, 6) is 0.515. The van der Waals surface area contributed by atoms with Gasteiger partial charge in [0.2, 0.25) is 0 Å². The number of rotatable bonds is 10. The minimum Gasteiger partial charge on any atom is -0.383 e. The van der Waals surface area contributed by atoms with Crippen LogP contribution in [0.2, 0.25) is 0 Å². The summed E-state index contributed by atoms with van der Waals surface area (Å²) in [5.41, 5.74) is 5.09. The second kappa shape index (κ2) is 8.45. The minimum atomic E-state index is -3.37. The molecule has 1 aromatic heterocycles. The van der Waals surface area contributed by atoms with E-state index in [0.717, 1.165) is 12.8 Å². The van der Waals surface area contributed by atoms with Crippen molar-refractivity contribution in [3.05, 3.63) is 22.7 Å². The smallest absolute Gasteiger partial charge is 0.356 e. The maximum atomic E-state index is 12.9. The summed E-state index contributed by atoms with van der Waals surface area (Å²) in [4.78, 5) is 15.6. The lowest BCUT2D eigenvalue weighted by atomic mass is 10.2. The molecular weight excluding hydrogens is 345 g/mol. The maximum absolute atomic E-state index is 12.9. The highest BCUT2D eigenvalue weighted by atomic mass is 31.2. The van der Waals surface area contributed by atoms with E-state index >= 15 is 0 Å². The predicted molar refractivity (Wildman–Crippen MR) is 95.4 cm³/mol. The van der Waals surface area contributed by atoms with Gasteiger partial charge in [0, 0.05) is 6.20 Å². The largest absolute Gasteiger partial charge is 0.383 e. The van der Waals surface area contributed by atoms with Crippen molar-refractivity contribution in [1.29, 1.82) is 0 Å². The van der Waals surface area contributed by atoms with E-state index in [2.05, 4.69) is 4.98 Å². The molecule has 142 valence electrons. The summed E-state index contributed by atoms with van der Waals surface area (Å²) in [7, 11) is -3.37. The van der Waals surface area contributed by atoms with Gasteiger partial charge in [-0.2, -0.15) is 4.98 Å². The summed E-state index contributed by atoms with van der Waals surface area (Å²) >= 11 is 0. The van der Waals surface area contributed by atoms with Crippen LogP contribution in [0, 0.1) is 5.92 Å². The first-order chi connectivity index (χ1) is 11.7. The van der Waals surface area contributed by atoms with Crippen molar-refractivity contribution >= 4 is 13.4 Å². The SMILES string of the molecule is CC(C)OP(=O)(CO[C@H](Cn1ccc(N)nc1=O)C1CC1)OC(C)C. The molecule has 8 nitrogen and oxygen atoms in total. The van der Waals surface area contributed by atoms with Crippen molar-refractivity contribution in [2.45, 2.75) is 65.4 Å². The zero-order valence-corrected chi connectivity index (χ0v) is 16.1. The molecule has 1 fully saturated rings. The second-order valence-corrected chi connectivity index (χ2v) is 8.78. The van der Waals surface area contributed by atoms with Gasteiger partial charge in [0.1, 0.15) is 12.2 Å². The molecule has 9 heteroatoms. The van der Waals surface area contributed by atoms with Gasteiger partial charge in [0.15, 0.2) is 0 Å². The fraction of sp³-hybridized carbons (Fsp3) is 0.750. The Labute approximate surface area is 148 Å². The maximum Gasteiger partial charge on any atom is 0.356 e. The molecule has 0 unspecified atom stereocenters. The van der Waals surface area contributed by atoms with Crippen LogP contribution in [0.5, 0.6) is 0 Å². The van der Waals surface area contributed by atoms with Crippen molar-refractivity contribution in [1.82, 2.24) is 9.55 Å². The number of aromatic nitrogens is 2. The molecule has 1 aromatic rings. The molecular formula is C16H28N3O5P. The Kier molecular flexibility index (Phi) is 6.79. The van der Waals surface area contributed by atoms with Crippen molar-refractivity contribution in [3.63, 3.8) is 0 Å². The summed E-state index contributed by atoms with van der Waals surface area (Å²) in [6.45, 7) is 7.53.